The second-order valence-corrected chi connectivity index (χ2v) is 6.48. The molecule has 0 radical (unpaired) electrons. The monoisotopic (exact) mass is 325 g/mol. The first kappa shape index (κ1) is 16.8. The fraction of sp³-hybridized carbons (Fsp3) is 0.429. The predicted octanol–water partition coefficient (Wildman–Crippen LogP) is 3.86. The van der Waals surface area contributed by atoms with E-state index in [1.807, 2.05) is 12.1 Å². The summed E-state index contributed by atoms with van der Waals surface area (Å²) in [4.78, 5) is 0. The third kappa shape index (κ3) is 4.75. The molecule has 24 heavy (non-hydrogen) atoms. The average Bonchev–Trinajstić information content (AvgIpc) is 2.66. The van der Waals surface area contributed by atoms with Crippen molar-refractivity contribution in [2.24, 2.45) is 5.92 Å². The Morgan fingerprint density at radius 3 is 2.83 bits per heavy atom. The van der Waals surface area contributed by atoms with E-state index in [-0.39, 0.29) is 0 Å². The van der Waals surface area contributed by atoms with Crippen LogP contribution in [0.1, 0.15) is 24.0 Å². The average molecular weight is 325 g/mol. The van der Waals surface area contributed by atoms with Gasteiger partial charge in [0.05, 0.1) is 13.7 Å². The van der Waals surface area contributed by atoms with Crippen molar-refractivity contribution >= 4 is 0 Å². The molecule has 1 aliphatic heterocycles. The number of nitrogens with one attached hydrogen (secondary N) is 1. The van der Waals surface area contributed by atoms with E-state index in [1.165, 1.54) is 24.0 Å². The minimum atomic E-state index is 0.630. The van der Waals surface area contributed by atoms with Crippen molar-refractivity contribution in [2.75, 3.05) is 26.8 Å². The van der Waals surface area contributed by atoms with Crippen LogP contribution in [0.4, 0.5) is 0 Å². The standard InChI is InChI=1S/C21H27NO2/c1-23-20-9-4-6-17(14-20)11-12-19-8-2-3-10-21(19)24-16-18-7-5-13-22-15-18/h2-4,6,8-10,14,18,22H,5,7,11-13,15-16H2,1H3. The van der Waals surface area contributed by atoms with Crippen LogP contribution in [-0.4, -0.2) is 26.8 Å². The van der Waals surface area contributed by atoms with Crippen molar-refractivity contribution in [1.29, 1.82) is 0 Å². The van der Waals surface area contributed by atoms with E-state index >= 15 is 0 Å². The summed E-state index contributed by atoms with van der Waals surface area (Å²) in [6, 6.07) is 16.7. The lowest BCUT2D eigenvalue weighted by Crippen LogP contribution is -2.33. The quantitative estimate of drug-likeness (QED) is 0.838. The summed E-state index contributed by atoms with van der Waals surface area (Å²) in [5, 5.41) is 3.45. The zero-order valence-corrected chi connectivity index (χ0v) is 14.5. The number of hydrogen-bond acceptors (Lipinski definition) is 3. The highest BCUT2D eigenvalue weighted by Gasteiger charge is 2.14. The van der Waals surface area contributed by atoms with E-state index < -0.39 is 0 Å². The van der Waals surface area contributed by atoms with Crippen LogP contribution in [0.15, 0.2) is 48.5 Å². The zero-order chi connectivity index (χ0) is 16.6. The fourth-order valence-corrected chi connectivity index (χ4v) is 3.23. The van der Waals surface area contributed by atoms with Gasteiger partial charge in [0, 0.05) is 12.5 Å². The number of aryl methyl sites for hydroxylation is 2. The maximum absolute atomic E-state index is 6.15. The van der Waals surface area contributed by atoms with Crippen molar-refractivity contribution in [3.8, 4) is 11.5 Å². The van der Waals surface area contributed by atoms with Gasteiger partial charge in [0.15, 0.2) is 0 Å². The van der Waals surface area contributed by atoms with E-state index in [0.29, 0.717) is 5.92 Å². The van der Waals surface area contributed by atoms with Crippen molar-refractivity contribution in [3.05, 3.63) is 59.7 Å². The predicted molar refractivity (Wildman–Crippen MR) is 97.9 cm³/mol. The molecule has 0 spiro atoms. The number of para-hydroxylation sites is 1. The van der Waals surface area contributed by atoms with Gasteiger partial charge in [-0.3, -0.25) is 0 Å². The largest absolute Gasteiger partial charge is 0.497 e. The van der Waals surface area contributed by atoms with Crippen LogP contribution < -0.4 is 14.8 Å². The SMILES string of the molecule is COc1cccc(CCc2ccccc2OCC2CCCNC2)c1. The first-order valence-corrected chi connectivity index (χ1v) is 8.89. The van der Waals surface area contributed by atoms with Gasteiger partial charge in [-0.15, -0.1) is 0 Å². The van der Waals surface area contributed by atoms with Crippen molar-refractivity contribution in [1.82, 2.24) is 5.32 Å². The summed E-state index contributed by atoms with van der Waals surface area (Å²) < 4.78 is 11.5. The van der Waals surface area contributed by atoms with Crippen LogP contribution in [0.2, 0.25) is 0 Å². The molecular formula is C21H27NO2. The maximum atomic E-state index is 6.15. The molecule has 1 heterocycles. The first-order valence-electron chi connectivity index (χ1n) is 8.89. The highest BCUT2D eigenvalue weighted by Crippen LogP contribution is 2.22. The lowest BCUT2D eigenvalue weighted by molar-refractivity contribution is 0.217. The Labute approximate surface area is 145 Å². The molecule has 3 rings (SSSR count). The van der Waals surface area contributed by atoms with Crippen molar-refractivity contribution in [3.63, 3.8) is 0 Å². The number of methoxy groups -OCH3 is 1. The molecule has 2 aromatic carbocycles. The molecule has 1 saturated heterocycles. The Morgan fingerprint density at radius 2 is 2.00 bits per heavy atom. The third-order valence-electron chi connectivity index (χ3n) is 4.66. The molecule has 1 N–H and O–H groups in total. The van der Waals surface area contributed by atoms with Crippen molar-refractivity contribution < 1.29 is 9.47 Å². The van der Waals surface area contributed by atoms with Gasteiger partial charge in [-0.05, 0) is 61.6 Å². The summed E-state index contributed by atoms with van der Waals surface area (Å²) in [6.07, 6.45) is 4.49. The summed E-state index contributed by atoms with van der Waals surface area (Å²) >= 11 is 0. The first-order chi connectivity index (χ1) is 11.8. The molecule has 1 fully saturated rings. The third-order valence-corrected chi connectivity index (χ3v) is 4.66. The molecule has 1 aliphatic rings. The van der Waals surface area contributed by atoms with E-state index in [4.69, 9.17) is 9.47 Å². The number of benzene rings is 2. The number of ether oxygens (including phenoxy) is 2. The maximum Gasteiger partial charge on any atom is 0.122 e. The van der Waals surface area contributed by atoms with Gasteiger partial charge < -0.3 is 14.8 Å². The van der Waals surface area contributed by atoms with Gasteiger partial charge in [-0.25, -0.2) is 0 Å². The molecule has 0 bridgehead atoms. The van der Waals surface area contributed by atoms with Crippen LogP contribution in [0.25, 0.3) is 0 Å². The Hall–Kier alpha value is -2.00. The molecule has 0 amide bonds. The molecule has 1 atom stereocenters. The fourth-order valence-electron chi connectivity index (χ4n) is 3.23. The Balaban J connectivity index is 1.58. The molecule has 3 nitrogen and oxygen atoms in total. The highest BCUT2D eigenvalue weighted by molar-refractivity contribution is 5.35. The van der Waals surface area contributed by atoms with Crippen LogP contribution in [0, 0.1) is 5.92 Å². The molecule has 0 aliphatic carbocycles. The van der Waals surface area contributed by atoms with Gasteiger partial charge in [0.1, 0.15) is 11.5 Å². The molecule has 128 valence electrons. The Kier molecular flexibility index (Phi) is 6.13. The molecule has 1 unspecified atom stereocenters. The van der Waals surface area contributed by atoms with Gasteiger partial charge >= 0.3 is 0 Å². The smallest absolute Gasteiger partial charge is 0.122 e. The highest BCUT2D eigenvalue weighted by atomic mass is 16.5. The van der Waals surface area contributed by atoms with E-state index in [9.17, 15) is 0 Å². The van der Waals surface area contributed by atoms with Crippen LogP contribution >= 0.6 is 0 Å². The molecule has 0 saturated carbocycles. The summed E-state index contributed by atoms with van der Waals surface area (Å²) in [5.41, 5.74) is 2.57. The van der Waals surface area contributed by atoms with E-state index in [0.717, 1.165) is 44.0 Å². The molecular weight excluding hydrogens is 298 g/mol. The molecule has 3 heteroatoms. The van der Waals surface area contributed by atoms with Gasteiger partial charge in [0.2, 0.25) is 0 Å². The second kappa shape index (κ2) is 8.74. The molecule has 2 aromatic rings. The lowest BCUT2D eigenvalue weighted by Gasteiger charge is -2.23. The van der Waals surface area contributed by atoms with Gasteiger partial charge in [-0.1, -0.05) is 30.3 Å². The Bertz CT molecular complexity index is 635. The van der Waals surface area contributed by atoms with Crippen LogP contribution in [0.3, 0.4) is 0 Å². The topological polar surface area (TPSA) is 30.5 Å². The normalized spacial score (nSPS) is 17.5. The number of hydrogen-bond donors (Lipinski definition) is 1. The van der Waals surface area contributed by atoms with Gasteiger partial charge in [0.25, 0.3) is 0 Å². The van der Waals surface area contributed by atoms with E-state index in [1.54, 1.807) is 7.11 Å². The summed E-state index contributed by atoms with van der Waals surface area (Å²) in [6.45, 7) is 3.03. The zero-order valence-electron chi connectivity index (χ0n) is 14.5. The minimum Gasteiger partial charge on any atom is -0.497 e. The summed E-state index contributed by atoms with van der Waals surface area (Å²) in [5.74, 6) is 2.58. The molecule has 0 aromatic heterocycles. The van der Waals surface area contributed by atoms with Gasteiger partial charge in [-0.2, -0.15) is 0 Å². The number of piperidine rings is 1. The van der Waals surface area contributed by atoms with Crippen LogP contribution in [-0.2, 0) is 12.8 Å². The minimum absolute atomic E-state index is 0.630. The Morgan fingerprint density at radius 1 is 1.08 bits per heavy atom. The van der Waals surface area contributed by atoms with Crippen LogP contribution in [0.5, 0.6) is 11.5 Å². The van der Waals surface area contributed by atoms with Crippen molar-refractivity contribution in [2.45, 2.75) is 25.7 Å². The second-order valence-electron chi connectivity index (χ2n) is 6.48. The summed E-state index contributed by atoms with van der Waals surface area (Å²) in [7, 11) is 1.71. The lowest BCUT2D eigenvalue weighted by atomic mass is 10.0. The number of rotatable bonds is 7. The van der Waals surface area contributed by atoms with E-state index in [2.05, 4.69) is 41.7 Å².